The van der Waals surface area contributed by atoms with Crippen LogP contribution in [0.15, 0.2) is 28.7 Å². The second-order valence-electron chi connectivity index (χ2n) is 3.68. The summed E-state index contributed by atoms with van der Waals surface area (Å²) in [4.78, 5) is 0. The van der Waals surface area contributed by atoms with Crippen molar-refractivity contribution in [2.45, 2.75) is 18.9 Å². The highest BCUT2D eigenvalue weighted by atomic mass is 79.9. The van der Waals surface area contributed by atoms with E-state index in [1.165, 1.54) is 25.1 Å². The van der Waals surface area contributed by atoms with Crippen molar-refractivity contribution in [3.05, 3.63) is 28.7 Å². The Morgan fingerprint density at radius 2 is 2.43 bits per heavy atom. The minimum Gasteiger partial charge on any atom is -0.383 e. The van der Waals surface area contributed by atoms with E-state index in [0.717, 1.165) is 11.0 Å². The summed E-state index contributed by atoms with van der Waals surface area (Å²) in [6, 6.07) is 8.94. The van der Waals surface area contributed by atoms with Crippen molar-refractivity contribution in [3.63, 3.8) is 0 Å². The second kappa shape index (κ2) is 4.80. The van der Waals surface area contributed by atoms with E-state index in [2.05, 4.69) is 44.8 Å². The fourth-order valence-electron chi connectivity index (χ4n) is 1.77. The highest BCUT2D eigenvalue weighted by molar-refractivity contribution is 9.10. The van der Waals surface area contributed by atoms with E-state index in [4.69, 9.17) is 0 Å². The molecule has 2 N–H and O–H groups in total. The van der Waals surface area contributed by atoms with E-state index in [-0.39, 0.29) is 0 Å². The molecule has 1 aromatic rings. The van der Waals surface area contributed by atoms with Crippen LogP contribution in [0.1, 0.15) is 12.8 Å². The molecule has 2 rings (SSSR count). The summed E-state index contributed by atoms with van der Waals surface area (Å²) in [5.74, 6) is 0. The van der Waals surface area contributed by atoms with Crippen molar-refractivity contribution < 1.29 is 0 Å². The first-order valence-electron chi connectivity index (χ1n) is 5.07. The number of hydrogen-bond acceptors (Lipinski definition) is 2. The van der Waals surface area contributed by atoms with E-state index in [0.29, 0.717) is 6.04 Å². The predicted octanol–water partition coefficient (Wildman–Crippen LogP) is 2.61. The maximum absolute atomic E-state index is 3.47. The summed E-state index contributed by atoms with van der Waals surface area (Å²) in [5.41, 5.74) is 1.19. The zero-order chi connectivity index (χ0) is 9.80. The molecule has 1 saturated heterocycles. The van der Waals surface area contributed by atoms with E-state index in [9.17, 15) is 0 Å². The van der Waals surface area contributed by atoms with Crippen molar-refractivity contribution in [2.75, 3.05) is 18.4 Å². The van der Waals surface area contributed by atoms with E-state index in [1.807, 2.05) is 6.07 Å². The van der Waals surface area contributed by atoms with Crippen molar-refractivity contribution >= 4 is 21.6 Å². The van der Waals surface area contributed by atoms with Crippen LogP contribution in [0, 0.1) is 0 Å². The molecule has 1 unspecified atom stereocenters. The summed E-state index contributed by atoms with van der Waals surface area (Å²) in [5, 5.41) is 6.90. The minimum absolute atomic E-state index is 0.647. The first-order chi connectivity index (χ1) is 6.84. The van der Waals surface area contributed by atoms with Crippen LogP contribution in [-0.2, 0) is 0 Å². The molecule has 2 nitrogen and oxygen atoms in total. The Morgan fingerprint density at radius 3 is 3.14 bits per heavy atom. The molecule has 1 heterocycles. The lowest BCUT2D eigenvalue weighted by Crippen LogP contribution is -2.29. The number of rotatable bonds is 3. The summed E-state index contributed by atoms with van der Waals surface area (Å²) < 4.78 is 1.13. The van der Waals surface area contributed by atoms with Gasteiger partial charge < -0.3 is 10.6 Å². The van der Waals surface area contributed by atoms with Gasteiger partial charge in [0.05, 0.1) is 0 Å². The highest BCUT2D eigenvalue weighted by Crippen LogP contribution is 2.16. The topological polar surface area (TPSA) is 24.1 Å². The molecule has 0 aliphatic carbocycles. The summed E-state index contributed by atoms with van der Waals surface area (Å²) in [6.45, 7) is 2.20. The Hall–Kier alpha value is -0.540. The molecule has 14 heavy (non-hydrogen) atoms. The Balaban J connectivity index is 1.85. The molecule has 76 valence electrons. The number of hydrogen-bond donors (Lipinski definition) is 2. The van der Waals surface area contributed by atoms with Gasteiger partial charge in [-0.2, -0.15) is 0 Å². The zero-order valence-corrected chi connectivity index (χ0v) is 9.68. The molecule has 0 bridgehead atoms. The van der Waals surface area contributed by atoms with Gasteiger partial charge in [0, 0.05) is 22.7 Å². The summed E-state index contributed by atoms with van der Waals surface area (Å²) in [7, 11) is 0. The van der Waals surface area contributed by atoms with Crippen LogP contribution in [0.4, 0.5) is 5.69 Å². The third kappa shape index (κ3) is 2.72. The third-order valence-electron chi connectivity index (χ3n) is 2.54. The van der Waals surface area contributed by atoms with Gasteiger partial charge in [0.2, 0.25) is 0 Å². The summed E-state index contributed by atoms with van der Waals surface area (Å²) >= 11 is 3.46. The highest BCUT2D eigenvalue weighted by Gasteiger charge is 2.12. The van der Waals surface area contributed by atoms with Gasteiger partial charge in [0.1, 0.15) is 0 Å². The van der Waals surface area contributed by atoms with Gasteiger partial charge in [0.15, 0.2) is 0 Å². The average molecular weight is 255 g/mol. The molecule has 3 heteroatoms. The van der Waals surface area contributed by atoms with Crippen molar-refractivity contribution in [2.24, 2.45) is 0 Å². The number of anilines is 1. The van der Waals surface area contributed by atoms with Crippen LogP contribution in [0.3, 0.4) is 0 Å². The third-order valence-corrected chi connectivity index (χ3v) is 3.03. The fourth-order valence-corrected chi connectivity index (χ4v) is 2.17. The van der Waals surface area contributed by atoms with Gasteiger partial charge in [-0.05, 0) is 37.6 Å². The molecular weight excluding hydrogens is 240 g/mol. The van der Waals surface area contributed by atoms with Gasteiger partial charge in [-0.1, -0.05) is 22.0 Å². The maximum Gasteiger partial charge on any atom is 0.0352 e. The molecule has 0 radical (unpaired) electrons. The van der Waals surface area contributed by atoms with Crippen molar-refractivity contribution in [3.8, 4) is 0 Å². The second-order valence-corrected chi connectivity index (χ2v) is 4.60. The van der Waals surface area contributed by atoms with E-state index < -0.39 is 0 Å². The standard InChI is InChI=1S/C11H15BrN2/c12-9-3-1-4-10(7-9)14-8-11-5-2-6-13-11/h1,3-4,7,11,13-14H,2,5-6,8H2. The monoisotopic (exact) mass is 254 g/mol. The maximum atomic E-state index is 3.47. The van der Waals surface area contributed by atoms with Crippen LogP contribution in [0.5, 0.6) is 0 Å². The van der Waals surface area contributed by atoms with Gasteiger partial charge in [0.25, 0.3) is 0 Å². The van der Waals surface area contributed by atoms with Gasteiger partial charge in [-0.3, -0.25) is 0 Å². The van der Waals surface area contributed by atoms with Gasteiger partial charge in [-0.15, -0.1) is 0 Å². The lowest BCUT2D eigenvalue weighted by Gasteiger charge is -2.12. The molecular formula is C11H15BrN2. The quantitative estimate of drug-likeness (QED) is 0.867. The fraction of sp³-hybridized carbons (Fsp3) is 0.455. The smallest absolute Gasteiger partial charge is 0.0352 e. The molecule has 0 spiro atoms. The van der Waals surface area contributed by atoms with Crippen molar-refractivity contribution in [1.29, 1.82) is 0 Å². The normalized spacial score (nSPS) is 21.1. The molecule has 1 aromatic carbocycles. The van der Waals surface area contributed by atoms with Crippen LogP contribution >= 0.6 is 15.9 Å². The molecule has 1 aliphatic rings. The zero-order valence-electron chi connectivity index (χ0n) is 8.09. The molecule has 1 aliphatic heterocycles. The molecule has 0 aromatic heterocycles. The Kier molecular flexibility index (Phi) is 3.43. The SMILES string of the molecule is Brc1cccc(NCC2CCCN2)c1. The summed E-state index contributed by atoms with van der Waals surface area (Å²) in [6.07, 6.45) is 2.60. The molecule has 1 fully saturated rings. The first-order valence-corrected chi connectivity index (χ1v) is 5.87. The van der Waals surface area contributed by atoms with Gasteiger partial charge >= 0.3 is 0 Å². The molecule has 0 saturated carbocycles. The van der Waals surface area contributed by atoms with Crippen LogP contribution in [-0.4, -0.2) is 19.1 Å². The largest absolute Gasteiger partial charge is 0.383 e. The number of nitrogens with one attached hydrogen (secondary N) is 2. The van der Waals surface area contributed by atoms with E-state index >= 15 is 0 Å². The van der Waals surface area contributed by atoms with Crippen LogP contribution < -0.4 is 10.6 Å². The first kappa shape index (κ1) is 9.99. The lowest BCUT2D eigenvalue weighted by atomic mass is 10.2. The Labute approximate surface area is 93.2 Å². The minimum atomic E-state index is 0.647. The lowest BCUT2D eigenvalue weighted by molar-refractivity contribution is 0.633. The Bertz CT molecular complexity index is 295. The molecule has 1 atom stereocenters. The number of halogens is 1. The average Bonchev–Trinajstić information content (AvgIpc) is 2.67. The predicted molar refractivity (Wildman–Crippen MR) is 63.7 cm³/mol. The van der Waals surface area contributed by atoms with Crippen molar-refractivity contribution in [1.82, 2.24) is 5.32 Å². The number of benzene rings is 1. The molecule has 0 amide bonds. The van der Waals surface area contributed by atoms with Gasteiger partial charge in [-0.25, -0.2) is 0 Å². The van der Waals surface area contributed by atoms with Crippen LogP contribution in [0.2, 0.25) is 0 Å². The van der Waals surface area contributed by atoms with Crippen LogP contribution in [0.25, 0.3) is 0 Å². The Morgan fingerprint density at radius 1 is 1.50 bits per heavy atom. The van der Waals surface area contributed by atoms with E-state index in [1.54, 1.807) is 0 Å².